The molecule has 0 aliphatic rings. The summed E-state index contributed by atoms with van der Waals surface area (Å²) in [5, 5.41) is 3.02. The lowest BCUT2D eigenvalue weighted by atomic mass is 10.1. The van der Waals surface area contributed by atoms with E-state index < -0.39 is 0 Å². The SMILES string of the molecule is CNCCOCCOCCOCCOCCC(C)C. The van der Waals surface area contributed by atoms with Crippen molar-refractivity contribution in [3.05, 3.63) is 0 Å². The van der Waals surface area contributed by atoms with Gasteiger partial charge in [0.2, 0.25) is 0 Å². The third kappa shape index (κ3) is 17.8. The molecule has 5 heteroatoms. The van der Waals surface area contributed by atoms with Gasteiger partial charge in [-0.05, 0) is 19.4 Å². The average Bonchev–Trinajstić information content (AvgIpc) is 2.39. The van der Waals surface area contributed by atoms with Gasteiger partial charge in [-0.3, -0.25) is 0 Å². The van der Waals surface area contributed by atoms with E-state index in [-0.39, 0.29) is 0 Å². The second kappa shape index (κ2) is 15.9. The highest BCUT2D eigenvalue weighted by Gasteiger charge is 1.94. The molecule has 0 spiro atoms. The van der Waals surface area contributed by atoms with Gasteiger partial charge >= 0.3 is 0 Å². The molecule has 0 atom stereocenters. The van der Waals surface area contributed by atoms with E-state index in [1.165, 1.54) is 0 Å². The standard InChI is InChI=1S/C14H31NO4/c1-14(2)4-6-16-8-10-18-12-13-19-11-9-17-7-5-15-3/h14-15H,4-13H2,1-3H3. The normalized spacial score (nSPS) is 11.4. The van der Waals surface area contributed by atoms with Crippen LogP contribution in [0.1, 0.15) is 20.3 Å². The topological polar surface area (TPSA) is 49.0 Å². The molecule has 0 aliphatic heterocycles. The van der Waals surface area contributed by atoms with E-state index >= 15 is 0 Å². The van der Waals surface area contributed by atoms with Crippen molar-refractivity contribution in [1.29, 1.82) is 0 Å². The molecule has 0 radical (unpaired) electrons. The van der Waals surface area contributed by atoms with E-state index in [0.717, 1.165) is 26.2 Å². The van der Waals surface area contributed by atoms with Gasteiger partial charge in [0.1, 0.15) is 0 Å². The number of nitrogens with one attached hydrogen (secondary N) is 1. The van der Waals surface area contributed by atoms with Crippen molar-refractivity contribution in [2.75, 3.05) is 66.4 Å². The molecule has 19 heavy (non-hydrogen) atoms. The van der Waals surface area contributed by atoms with Crippen LogP contribution in [0.4, 0.5) is 0 Å². The zero-order chi connectivity index (χ0) is 14.2. The zero-order valence-corrected chi connectivity index (χ0v) is 12.8. The molecule has 0 unspecified atom stereocenters. The molecule has 0 aromatic rings. The Morgan fingerprint density at radius 1 is 0.684 bits per heavy atom. The molecule has 0 bridgehead atoms. The summed E-state index contributed by atoms with van der Waals surface area (Å²) in [5.41, 5.74) is 0. The maximum atomic E-state index is 5.44. The summed E-state index contributed by atoms with van der Waals surface area (Å²) in [6.45, 7) is 10.6. The maximum Gasteiger partial charge on any atom is 0.0701 e. The first-order chi connectivity index (χ1) is 9.27. The minimum atomic E-state index is 0.612. The summed E-state index contributed by atoms with van der Waals surface area (Å²) in [7, 11) is 1.91. The third-order valence-corrected chi connectivity index (χ3v) is 2.45. The molecule has 0 aliphatic carbocycles. The lowest BCUT2D eigenvalue weighted by Gasteiger charge is -2.08. The Labute approximate surface area is 117 Å². The van der Waals surface area contributed by atoms with Crippen molar-refractivity contribution in [3.63, 3.8) is 0 Å². The molecule has 0 fully saturated rings. The van der Waals surface area contributed by atoms with Crippen LogP contribution in [0.2, 0.25) is 0 Å². The van der Waals surface area contributed by atoms with Crippen LogP contribution >= 0.6 is 0 Å². The molecule has 1 N–H and O–H groups in total. The highest BCUT2D eigenvalue weighted by atomic mass is 16.6. The first kappa shape index (κ1) is 18.8. The fourth-order valence-corrected chi connectivity index (χ4v) is 1.26. The average molecular weight is 277 g/mol. The molecule has 0 heterocycles. The van der Waals surface area contributed by atoms with Gasteiger partial charge in [-0.15, -0.1) is 0 Å². The van der Waals surface area contributed by atoms with Crippen molar-refractivity contribution in [1.82, 2.24) is 5.32 Å². The van der Waals surface area contributed by atoms with Gasteiger partial charge in [-0.1, -0.05) is 13.8 Å². The smallest absolute Gasteiger partial charge is 0.0701 e. The van der Waals surface area contributed by atoms with E-state index in [1.807, 2.05) is 7.05 Å². The predicted molar refractivity (Wildman–Crippen MR) is 76.7 cm³/mol. The maximum absolute atomic E-state index is 5.44. The Morgan fingerprint density at radius 2 is 1.11 bits per heavy atom. The second-order valence-corrected chi connectivity index (χ2v) is 4.74. The summed E-state index contributed by atoms with van der Waals surface area (Å²) in [6.07, 6.45) is 1.11. The molecule has 0 saturated carbocycles. The molecule has 5 nitrogen and oxygen atoms in total. The lowest BCUT2D eigenvalue weighted by Crippen LogP contribution is -2.17. The fourth-order valence-electron chi connectivity index (χ4n) is 1.26. The van der Waals surface area contributed by atoms with Gasteiger partial charge in [0.15, 0.2) is 0 Å². The molecule has 0 aromatic carbocycles. The number of ether oxygens (including phenoxy) is 4. The molecule has 0 rings (SSSR count). The molecule has 0 amide bonds. The monoisotopic (exact) mass is 277 g/mol. The van der Waals surface area contributed by atoms with Crippen LogP contribution in [0.25, 0.3) is 0 Å². The fraction of sp³-hybridized carbons (Fsp3) is 1.00. The van der Waals surface area contributed by atoms with Crippen LogP contribution in [-0.4, -0.2) is 66.4 Å². The first-order valence-corrected chi connectivity index (χ1v) is 7.23. The van der Waals surface area contributed by atoms with Crippen LogP contribution in [0.3, 0.4) is 0 Å². The lowest BCUT2D eigenvalue weighted by molar-refractivity contribution is -0.00229. The Bertz CT molecular complexity index is 168. The Morgan fingerprint density at radius 3 is 1.53 bits per heavy atom. The molecule has 0 saturated heterocycles. The van der Waals surface area contributed by atoms with Crippen molar-refractivity contribution in [2.45, 2.75) is 20.3 Å². The van der Waals surface area contributed by atoms with Crippen molar-refractivity contribution in [2.24, 2.45) is 5.92 Å². The van der Waals surface area contributed by atoms with Gasteiger partial charge < -0.3 is 24.3 Å². The van der Waals surface area contributed by atoms with E-state index in [0.29, 0.717) is 45.6 Å². The van der Waals surface area contributed by atoms with Gasteiger partial charge in [-0.2, -0.15) is 0 Å². The molecular formula is C14H31NO4. The van der Waals surface area contributed by atoms with Crippen LogP contribution in [-0.2, 0) is 18.9 Å². The van der Waals surface area contributed by atoms with Crippen LogP contribution in [0.5, 0.6) is 0 Å². The summed E-state index contributed by atoms with van der Waals surface area (Å²) >= 11 is 0. The number of hydrogen-bond donors (Lipinski definition) is 1. The van der Waals surface area contributed by atoms with E-state index in [1.54, 1.807) is 0 Å². The zero-order valence-electron chi connectivity index (χ0n) is 12.8. The van der Waals surface area contributed by atoms with Gasteiger partial charge in [0.05, 0.1) is 46.2 Å². The highest BCUT2D eigenvalue weighted by Crippen LogP contribution is 1.98. The number of likely N-dealkylation sites (N-methyl/N-ethyl adjacent to an activating group) is 1. The summed E-state index contributed by atoms with van der Waals surface area (Å²) < 4.78 is 21.5. The third-order valence-electron chi connectivity index (χ3n) is 2.45. The first-order valence-electron chi connectivity index (χ1n) is 7.23. The summed E-state index contributed by atoms with van der Waals surface area (Å²) in [6, 6.07) is 0. The van der Waals surface area contributed by atoms with E-state index in [2.05, 4.69) is 19.2 Å². The van der Waals surface area contributed by atoms with Gasteiger partial charge in [0, 0.05) is 13.2 Å². The Balaban J connectivity index is 2.91. The summed E-state index contributed by atoms with van der Waals surface area (Å²) in [5.74, 6) is 0.699. The molecular weight excluding hydrogens is 246 g/mol. The summed E-state index contributed by atoms with van der Waals surface area (Å²) in [4.78, 5) is 0. The molecule has 116 valence electrons. The van der Waals surface area contributed by atoms with Crippen LogP contribution in [0.15, 0.2) is 0 Å². The quantitative estimate of drug-likeness (QED) is 0.458. The minimum absolute atomic E-state index is 0.612. The van der Waals surface area contributed by atoms with E-state index in [4.69, 9.17) is 18.9 Å². The van der Waals surface area contributed by atoms with Gasteiger partial charge in [0.25, 0.3) is 0 Å². The number of hydrogen-bond acceptors (Lipinski definition) is 5. The van der Waals surface area contributed by atoms with E-state index in [9.17, 15) is 0 Å². The predicted octanol–water partition coefficient (Wildman–Crippen LogP) is 1.32. The van der Waals surface area contributed by atoms with Crippen molar-refractivity contribution in [3.8, 4) is 0 Å². The van der Waals surface area contributed by atoms with Crippen molar-refractivity contribution < 1.29 is 18.9 Å². The largest absolute Gasteiger partial charge is 0.379 e. The highest BCUT2D eigenvalue weighted by molar-refractivity contribution is 4.42. The van der Waals surface area contributed by atoms with Crippen LogP contribution in [0, 0.1) is 5.92 Å². The van der Waals surface area contributed by atoms with Crippen LogP contribution < -0.4 is 5.32 Å². The minimum Gasteiger partial charge on any atom is -0.379 e. The Hall–Kier alpha value is -0.200. The van der Waals surface area contributed by atoms with Gasteiger partial charge in [-0.25, -0.2) is 0 Å². The van der Waals surface area contributed by atoms with Crippen molar-refractivity contribution >= 4 is 0 Å². The second-order valence-electron chi connectivity index (χ2n) is 4.74. The number of rotatable bonds is 15. The Kier molecular flexibility index (Phi) is 15.7. The molecule has 0 aromatic heterocycles.